The summed E-state index contributed by atoms with van der Waals surface area (Å²) in [6, 6.07) is 10.4. The van der Waals surface area contributed by atoms with Crippen LogP contribution in [0.25, 0.3) is 0 Å². The van der Waals surface area contributed by atoms with E-state index in [2.05, 4.69) is 32.0 Å². The second-order valence-electron chi connectivity index (χ2n) is 4.57. The van der Waals surface area contributed by atoms with E-state index in [1.165, 1.54) is 16.7 Å². The first-order valence-corrected chi connectivity index (χ1v) is 6.02. The quantitative estimate of drug-likeness (QED) is 0.871. The molecule has 1 atom stereocenters. The third-order valence-corrected chi connectivity index (χ3v) is 3.24. The zero-order chi connectivity index (χ0) is 12.3. The fourth-order valence-electron chi connectivity index (χ4n) is 1.91. The Morgan fingerprint density at radius 1 is 1.18 bits per heavy atom. The van der Waals surface area contributed by atoms with Gasteiger partial charge >= 0.3 is 0 Å². The molecule has 1 heterocycles. The zero-order valence-corrected chi connectivity index (χ0v) is 10.4. The largest absolute Gasteiger partial charge is 0.469 e. The molecule has 0 fully saturated rings. The maximum Gasteiger partial charge on any atom is 0.103 e. The molecule has 2 N–H and O–H groups in total. The van der Waals surface area contributed by atoms with E-state index in [-0.39, 0.29) is 6.04 Å². The minimum absolute atomic E-state index is 0.0828. The van der Waals surface area contributed by atoms with E-state index >= 15 is 0 Å². The molecular formula is C15H19NO. The van der Waals surface area contributed by atoms with Crippen molar-refractivity contribution in [2.75, 3.05) is 0 Å². The standard InChI is InChI=1S/C15H19NO/c1-11-5-6-13(10-12(11)2)15(16)8-7-14-4-3-9-17-14/h3-6,9-10,15H,7-8,16H2,1-2H3/t15-/m1/s1. The van der Waals surface area contributed by atoms with E-state index in [9.17, 15) is 0 Å². The Morgan fingerprint density at radius 2 is 2.00 bits per heavy atom. The second kappa shape index (κ2) is 5.19. The smallest absolute Gasteiger partial charge is 0.103 e. The monoisotopic (exact) mass is 229 g/mol. The van der Waals surface area contributed by atoms with Gasteiger partial charge < -0.3 is 10.2 Å². The molecule has 0 saturated heterocycles. The number of furan rings is 1. The van der Waals surface area contributed by atoms with E-state index < -0.39 is 0 Å². The molecule has 2 aromatic rings. The highest BCUT2D eigenvalue weighted by Gasteiger charge is 2.08. The average Bonchev–Trinajstić information content (AvgIpc) is 2.82. The van der Waals surface area contributed by atoms with Crippen molar-refractivity contribution < 1.29 is 4.42 Å². The van der Waals surface area contributed by atoms with Crippen LogP contribution in [0.2, 0.25) is 0 Å². The van der Waals surface area contributed by atoms with Crippen molar-refractivity contribution in [2.45, 2.75) is 32.7 Å². The number of nitrogens with two attached hydrogens (primary N) is 1. The van der Waals surface area contributed by atoms with Gasteiger partial charge in [-0.05, 0) is 49.1 Å². The summed E-state index contributed by atoms with van der Waals surface area (Å²) >= 11 is 0. The van der Waals surface area contributed by atoms with Gasteiger partial charge in [-0.3, -0.25) is 0 Å². The van der Waals surface area contributed by atoms with Gasteiger partial charge in [0.25, 0.3) is 0 Å². The molecule has 2 rings (SSSR count). The van der Waals surface area contributed by atoms with Crippen LogP contribution in [0.3, 0.4) is 0 Å². The molecule has 1 aromatic heterocycles. The Morgan fingerprint density at radius 3 is 2.65 bits per heavy atom. The predicted octanol–water partition coefficient (Wildman–Crippen LogP) is 3.53. The third-order valence-electron chi connectivity index (χ3n) is 3.24. The molecule has 0 amide bonds. The number of hydrogen-bond donors (Lipinski definition) is 1. The lowest BCUT2D eigenvalue weighted by atomic mass is 9.98. The number of hydrogen-bond acceptors (Lipinski definition) is 2. The molecule has 17 heavy (non-hydrogen) atoms. The van der Waals surface area contributed by atoms with Gasteiger partial charge in [0.2, 0.25) is 0 Å². The van der Waals surface area contributed by atoms with Crippen molar-refractivity contribution in [2.24, 2.45) is 5.73 Å². The molecule has 0 radical (unpaired) electrons. The van der Waals surface area contributed by atoms with Crippen LogP contribution in [0.15, 0.2) is 41.0 Å². The molecule has 2 nitrogen and oxygen atoms in total. The fraction of sp³-hybridized carbons (Fsp3) is 0.333. The summed E-state index contributed by atoms with van der Waals surface area (Å²) in [4.78, 5) is 0. The molecule has 0 bridgehead atoms. The fourth-order valence-corrected chi connectivity index (χ4v) is 1.91. The van der Waals surface area contributed by atoms with Crippen LogP contribution in [-0.2, 0) is 6.42 Å². The van der Waals surface area contributed by atoms with E-state index in [1.807, 2.05) is 12.1 Å². The van der Waals surface area contributed by atoms with Crippen LogP contribution in [0, 0.1) is 13.8 Å². The molecule has 2 heteroatoms. The van der Waals surface area contributed by atoms with E-state index in [1.54, 1.807) is 6.26 Å². The molecular weight excluding hydrogens is 210 g/mol. The molecule has 0 spiro atoms. The first kappa shape index (κ1) is 11.9. The molecule has 0 saturated carbocycles. The van der Waals surface area contributed by atoms with Crippen LogP contribution < -0.4 is 5.73 Å². The van der Waals surface area contributed by atoms with Crippen molar-refractivity contribution in [1.82, 2.24) is 0 Å². The number of rotatable bonds is 4. The summed E-state index contributed by atoms with van der Waals surface area (Å²) < 4.78 is 5.31. The van der Waals surface area contributed by atoms with Gasteiger partial charge in [0.15, 0.2) is 0 Å². The van der Waals surface area contributed by atoms with Gasteiger partial charge in [-0.2, -0.15) is 0 Å². The van der Waals surface area contributed by atoms with Crippen LogP contribution in [0.5, 0.6) is 0 Å². The van der Waals surface area contributed by atoms with Crippen molar-refractivity contribution in [3.8, 4) is 0 Å². The summed E-state index contributed by atoms with van der Waals surface area (Å²) in [5.41, 5.74) is 10.0. The predicted molar refractivity (Wildman–Crippen MR) is 69.9 cm³/mol. The van der Waals surface area contributed by atoms with E-state index in [4.69, 9.17) is 10.2 Å². The second-order valence-corrected chi connectivity index (χ2v) is 4.57. The maximum absolute atomic E-state index is 6.19. The summed E-state index contributed by atoms with van der Waals surface area (Å²) in [5.74, 6) is 1.00. The molecule has 0 aliphatic rings. The van der Waals surface area contributed by atoms with Crippen LogP contribution >= 0.6 is 0 Å². The van der Waals surface area contributed by atoms with Gasteiger partial charge in [-0.15, -0.1) is 0 Å². The highest BCUT2D eigenvalue weighted by molar-refractivity contribution is 5.31. The lowest BCUT2D eigenvalue weighted by Crippen LogP contribution is -2.11. The molecule has 0 unspecified atom stereocenters. The van der Waals surface area contributed by atoms with Gasteiger partial charge in [-0.1, -0.05) is 18.2 Å². The molecule has 0 aliphatic heterocycles. The Labute approximate surface area is 102 Å². The minimum atomic E-state index is 0.0828. The van der Waals surface area contributed by atoms with Gasteiger partial charge in [0.05, 0.1) is 6.26 Å². The SMILES string of the molecule is Cc1ccc([C@H](N)CCc2ccco2)cc1C. The van der Waals surface area contributed by atoms with Crippen molar-refractivity contribution in [3.05, 3.63) is 59.0 Å². The van der Waals surface area contributed by atoms with Crippen molar-refractivity contribution >= 4 is 0 Å². The Balaban J connectivity index is 1.99. The maximum atomic E-state index is 6.19. The highest BCUT2D eigenvalue weighted by atomic mass is 16.3. The lowest BCUT2D eigenvalue weighted by Gasteiger charge is -2.13. The molecule has 0 aliphatic carbocycles. The highest BCUT2D eigenvalue weighted by Crippen LogP contribution is 2.19. The first-order valence-electron chi connectivity index (χ1n) is 6.02. The first-order chi connectivity index (χ1) is 8.16. The zero-order valence-electron chi connectivity index (χ0n) is 10.4. The van der Waals surface area contributed by atoms with Crippen LogP contribution in [-0.4, -0.2) is 0 Å². The lowest BCUT2D eigenvalue weighted by molar-refractivity contribution is 0.488. The summed E-state index contributed by atoms with van der Waals surface area (Å²) in [6.45, 7) is 4.24. The van der Waals surface area contributed by atoms with Gasteiger partial charge in [-0.25, -0.2) is 0 Å². The Hall–Kier alpha value is -1.54. The van der Waals surface area contributed by atoms with E-state index in [0.29, 0.717) is 0 Å². The molecule has 90 valence electrons. The van der Waals surface area contributed by atoms with E-state index in [0.717, 1.165) is 18.6 Å². The number of benzene rings is 1. The third kappa shape index (κ3) is 2.98. The van der Waals surface area contributed by atoms with Gasteiger partial charge in [0, 0.05) is 12.5 Å². The Bertz CT molecular complexity index is 474. The minimum Gasteiger partial charge on any atom is -0.469 e. The number of aryl methyl sites for hydroxylation is 3. The summed E-state index contributed by atoms with van der Waals surface area (Å²) in [6.07, 6.45) is 3.51. The van der Waals surface area contributed by atoms with Crippen molar-refractivity contribution in [3.63, 3.8) is 0 Å². The normalized spacial score (nSPS) is 12.6. The van der Waals surface area contributed by atoms with Crippen molar-refractivity contribution in [1.29, 1.82) is 0 Å². The topological polar surface area (TPSA) is 39.2 Å². The molecule has 1 aromatic carbocycles. The summed E-state index contributed by atoms with van der Waals surface area (Å²) in [7, 11) is 0. The Kier molecular flexibility index (Phi) is 3.64. The van der Waals surface area contributed by atoms with Crippen LogP contribution in [0.1, 0.15) is 34.9 Å². The van der Waals surface area contributed by atoms with Crippen LogP contribution in [0.4, 0.5) is 0 Å². The van der Waals surface area contributed by atoms with Gasteiger partial charge in [0.1, 0.15) is 5.76 Å². The average molecular weight is 229 g/mol. The summed E-state index contributed by atoms with van der Waals surface area (Å²) in [5, 5.41) is 0.